The summed E-state index contributed by atoms with van der Waals surface area (Å²) in [7, 11) is 0. The third-order valence-electron chi connectivity index (χ3n) is 3.82. The van der Waals surface area contributed by atoms with Crippen molar-refractivity contribution in [2.24, 2.45) is 0 Å². The Bertz CT molecular complexity index is 608. The maximum absolute atomic E-state index is 9.55. The lowest BCUT2D eigenvalue weighted by molar-refractivity contribution is -0.134. The van der Waals surface area contributed by atoms with Gasteiger partial charge in [-0.15, -0.1) is 0 Å². The van der Waals surface area contributed by atoms with E-state index in [1.807, 2.05) is 12.1 Å². The number of carboxylic acid groups (broad SMARTS) is 2. The average molecular weight is 403 g/mol. The van der Waals surface area contributed by atoms with Crippen molar-refractivity contribution in [2.45, 2.75) is 38.9 Å². The fourth-order valence-corrected chi connectivity index (χ4v) is 3.28. The highest BCUT2D eigenvalue weighted by molar-refractivity contribution is 6.34. The number of nitrogens with zero attached hydrogens (tertiary/aromatic N) is 1. The molecule has 0 spiro atoms. The lowest BCUT2D eigenvalue weighted by Gasteiger charge is -2.32. The second kappa shape index (κ2) is 11.2. The van der Waals surface area contributed by atoms with Gasteiger partial charge in [0.15, 0.2) is 0 Å². The number of rotatable bonds is 6. The number of halogens is 2. The minimum absolute atomic E-state index is 0.521. The maximum atomic E-state index is 9.55. The van der Waals surface area contributed by atoms with Gasteiger partial charge in [-0.1, -0.05) is 23.2 Å². The van der Waals surface area contributed by atoms with E-state index in [-0.39, 0.29) is 0 Å². The van der Waals surface area contributed by atoms with Crippen LogP contribution in [0.15, 0.2) is 30.4 Å². The van der Waals surface area contributed by atoms with E-state index in [0.717, 1.165) is 19.6 Å². The first kappa shape index (κ1) is 22.4. The molecule has 1 atom stereocenters. The van der Waals surface area contributed by atoms with Crippen molar-refractivity contribution in [3.8, 4) is 0 Å². The van der Waals surface area contributed by atoms with Crippen LogP contribution in [0.25, 0.3) is 0 Å². The van der Waals surface area contributed by atoms with Gasteiger partial charge in [0.25, 0.3) is 0 Å². The number of benzene rings is 1. The van der Waals surface area contributed by atoms with Gasteiger partial charge in [0, 0.05) is 47.4 Å². The minimum atomic E-state index is -1.26. The molecule has 1 aliphatic heterocycles. The first-order valence-electron chi connectivity index (χ1n) is 8.24. The molecule has 1 aromatic rings. The van der Waals surface area contributed by atoms with Gasteiger partial charge in [-0.3, -0.25) is 4.90 Å². The van der Waals surface area contributed by atoms with Crippen LogP contribution in [0.5, 0.6) is 0 Å². The number of hydrogen-bond donors (Lipinski definition) is 3. The summed E-state index contributed by atoms with van der Waals surface area (Å²) >= 11 is 12.1. The third-order valence-corrected chi connectivity index (χ3v) is 4.26. The molecule has 1 heterocycles. The van der Waals surface area contributed by atoms with Crippen LogP contribution >= 0.6 is 23.2 Å². The number of aliphatic carboxylic acids is 2. The smallest absolute Gasteiger partial charge is 0.328 e. The van der Waals surface area contributed by atoms with Gasteiger partial charge < -0.3 is 15.5 Å². The lowest BCUT2D eigenvalue weighted by atomic mass is 10.1. The average Bonchev–Trinajstić information content (AvgIpc) is 3.04. The largest absolute Gasteiger partial charge is 0.478 e. The van der Waals surface area contributed by atoms with Crippen molar-refractivity contribution in [2.75, 3.05) is 13.1 Å². The van der Waals surface area contributed by atoms with Gasteiger partial charge in [-0.2, -0.15) is 0 Å². The number of nitrogens with one attached hydrogen (secondary N) is 1. The minimum Gasteiger partial charge on any atom is -0.478 e. The van der Waals surface area contributed by atoms with Crippen LogP contribution in [0.2, 0.25) is 10.0 Å². The Kier molecular flexibility index (Phi) is 9.65. The van der Waals surface area contributed by atoms with Crippen LogP contribution in [-0.2, 0) is 16.1 Å². The molecule has 144 valence electrons. The molecule has 0 bridgehead atoms. The Morgan fingerprint density at radius 1 is 1.19 bits per heavy atom. The summed E-state index contributed by atoms with van der Waals surface area (Å²) in [5.74, 6) is -2.51. The summed E-state index contributed by atoms with van der Waals surface area (Å²) in [5, 5.41) is 20.5. The van der Waals surface area contributed by atoms with Gasteiger partial charge >= 0.3 is 11.9 Å². The molecule has 3 N–H and O–H groups in total. The summed E-state index contributed by atoms with van der Waals surface area (Å²) < 4.78 is 0. The summed E-state index contributed by atoms with van der Waals surface area (Å²) in [5.41, 5.74) is 1.19. The predicted octanol–water partition coefficient (Wildman–Crippen LogP) is 3.28. The summed E-state index contributed by atoms with van der Waals surface area (Å²) in [6.45, 7) is 7.58. The number of carbonyl (C=O) groups is 2. The van der Waals surface area contributed by atoms with E-state index in [1.165, 1.54) is 12.0 Å². The molecule has 26 heavy (non-hydrogen) atoms. The first-order chi connectivity index (χ1) is 12.2. The Hall–Kier alpha value is -1.60. The van der Waals surface area contributed by atoms with Crippen LogP contribution < -0.4 is 5.32 Å². The zero-order valence-electron chi connectivity index (χ0n) is 14.8. The Labute approximate surface area is 163 Å². The van der Waals surface area contributed by atoms with Gasteiger partial charge in [-0.25, -0.2) is 9.59 Å². The normalized spacial score (nSPS) is 16.8. The molecule has 1 saturated heterocycles. The van der Waals surface area contributed by atoms with E-state index < -0.39 is 11.9 Å². The van der Waals surface area contributed by atoms with E-state index in [4.69, 9.17) is 33.4 Å². The molecule has 0 saturated carbocycles. The maximum Gasteiger partial charge on any atom is 0.328 e. The van der Waals surface area contributed by atoms with Gasteiger partial charge in [-0.05, 0) is 50.6 Å². The van der Waals surface area contributed by atoms with E-state index in [2.05, 4.69) is 24.1 Å². The van der Waals surface area contributed by atoms with Crippen molar-refractivity contribution in [3.63, 3.8) is 0 Å². The zero-order valence-corrected chi connectivity index (χ0v) is 16.3. The summed E-state index contributed by atoms with van der Waals surface area (Å²) in [6.07, 6.45) is 2.33. The molecule has 8 heteroatoms. The predicted molar refractivity (Wildman–Crippen MR) is 103 cm³/mol. The van der Waals surface area contributed by atoms with E-state index in [9.17, 15) is 9.59 Å². The molecular weight excluding hydrogens is 379 g/mol. The van der Waals surface area contributed by atoms with Crippen molar-refractivity contribution < 1.29 is 19.8 Å². The fraction of sp³-hybridized carbons (Fsp3) is 0.444. The van der Waals surface area contributed by atoms with Gasteiger partial charge in [0.05, 0.1) is 0 Å². The van der Waals surface area contributed by atoms with Crippen LogP contribution in [0, 0.1) is 0 Å². The van der Waals surface area contributed by atoms with Crippen molar-refractivity contribution in [3.05, 3.63) is 46.0 Å². The van der Waals surface area contributed by atoms with Crippen LogP contribution in [-0.4, -0.2) is 52.2 Å². The van der Waals surface area contributed by atoms with E-state index >= 15 is 0 Å². The molecule has 0 radical (unpaired) electrons. The molecule has 1 fully saturated rings. The van der Waals surface area contributed by atoms with Crippen LogP contribution in [0.3, 0.4) is 0 Å². The van der Waals surface area contributed by atoms with E-state index in [1.54, 1.807) is 6.07 Å². The lowest BCUT2D eigenvalue weighted by Crippen LogP contribution is -2.41. The molecule has 2 rings (SSSR count). The topological polar surface area (TPSA) is 89.9 Å². The molecular formula is C18H24Cl2N2O4. The Balaban J connectivity index is 0.000000359. The standard InChI is InChI=1S/C14H20Cl2N2.C4H4O4/c1-10(2)18(14-3-4-17-8-14)9-11-5-12(15)7-13(16)6-11;5-3(6)1-2-4(7)8/h5-7,10,14,17H,3-4,8-9H2,1-2H3;1-2H,(H,5,6)(H,7,8)/b;2-1+/t14-;/m0./s1. The molecule has 0 amide bonds. The molecule has 0 aliphatic carbocycles. The van der Waals surface area contributed by atoms with Crippen LogP contribution in [0.4, 0.5) is 0 Å². The molecule has 1 aliphatic rings. The highest BCUT2D eigenvalue weighted by Crippen LogP contribution is 2.22. The van der Waals surface area contributed by atoms with Crippen molar-refractivity contribution in [1.82, 2.24) is 10.2 Å². The zero-order chi connectivity index (χ0) is 19.7. The Morgan fingerprint density at radius 3 is 2.12 bits per heavy atom. The van der Waals surface area contributed by atoms with Crippen LogP contribution in [0.1, 0.15) is 25.8 Å². The monoisotopic (exact) mass is 402 g/mol. The summed E-state index contributed by atoms with van der Waals surface area (Å²) in [6, 6.07) is 6.93. The van der Waals surface area contributed by atoms with Gasteiger partial charge in [0.1, 0.15) is 0 Å². The number of carboxylic acids is 2. The van der Waals surface area contributed by atoms with Crippen molar-refractivity contribution in [1.29, 1.82) is 0 Å². The summed E-state index contributed by atoms with van der Waals surface area (Å²) in [4.78, 5) is 21.6. The number of hydrogen-bond acceptors (Lipinski definition) is 4. The first-order valence-corrected chi connectivity index (χ1v) is 9.00. The molecule has 0 aromatic heterocycles. The van der Waals surface area contributed by atoms with Crippen molar-refractivity contribution >= 4 is 35.1 Å². The second-order valence-corrected chi connectivity index (χ2v) is 7.07. The SMILES string of the molecule is CC(C)N(Cc1cc(Cl)cc(Cl)c1)[C@H]1CCNC1.O=C(O)/C=C/C(=O)O. The Morgan fingerprint density at radius 2 is 1.73 bits per heavy atom. The van der Waals surface area contributed by atoms with Gasteiger partial charge in [0.2, 0.25) is 0 Å². The third kappa shape index (κ3) is 8.67. The quantitative estimate of drug-likeness (QED) is 0.632. The molecule has 6 nitrogen and oxygen atoms in total. The molecule has 0 unspecified atom stereocenters. The second-order valence-electron chi connectivity index (χ2n) is 6.20. The van der Waals surface area contributed by atoms with E-state index in [0.29, 0.717) is 34.3 Å². The molecule has 1 aromatic carbocycles. The highest BCUT2D eigenvalue weighted by atomic mass is 35.5. The highest BCUT2D eigenvalue weighted by Gasteiger charge is 2.24. The fourth-order valence-electron chi connectivity index (χ4n) is 2.71.